The van der Waals surface area contributed by atoms with Crippen LogP contribution in [0.25, 0.3) is 0 Å². The standard InChI is InChI=1S/C10H11BrO3/c1-6(12)5-7-3-4-8(14-2)10(13)9(7)11/h3-4,13H,5H2,1-2H3. The summed E-state index contributed by atoms with van der Waals surface area (Å²) in [4.78, 5) is 10.9. The molecule has 0 heterocycles. The molecule has 1 aromatic rings. The lowest BCUT2D eigenvalue weighted by atomic mass is 10.1. The van der Waals surface area contributed by atoms with E-state index in [1.54, 1.807) is 12.1 Å². The molecule has 14 heavy (non-hydrogen) atoms. The fraction of sp³-hybridized carbons (Fsp3) is 0.300. The van der Waals surface area contributed by atoms with Crippen molar-refractivity contribution in [2.75, 3.05) is 7.11 Å². The molecule has 0 aliphatic heterocycles. The molecule has 0 spiro atoms. The molecule has 0 amide bonds. The summed E-state index contributed by atoms with van der Waals surface area (Å²) in [5.41, 5.74) is 0.760. The van der Waals surface area contributed by atoms with Gasteiger partial charge in [0.2, 0.25) is 0 Å². The van der Waals surface area contributed by atoms with Crippen LogP contribution in [0.3, 0.4) is 0 Å². The lowest BCUT2D eigenvalue weighted by Crippen LogP contribution is -1.98. The van der Waals surface area contributed by atoms with E-state index >= 15 is 0 Å². The molecule has 3 nitrogen and oxygen atoms in total. The van der Waals surface area contributed by atoms with Crippen molar-refractivity contribution in [2.24, 2.45) is 0 Å². The third-order valence-electron chi connectivity index (χ3n) is 1.82. The third-order valence-corrected chi connectivity index (χ3v) is 2.70. The second kappa shape index (κ2) is 4.46. The van der Waals surface area contributed by atoms with Crippen LogP contribution in [0.4, 0.5) is 0 Å². The summed E-state index contributed by atoms with van der Waals surface area (Å²) in [5, 5.41) is 9.61. The maximum atomic E-state index is 10.9. The molecule has 0 aromatic heterocycles. The van der Waals surface area contributed by atoms with E-state index in [9.17, 15) is 9.90 Å². The first-order valence-electron chi connectivity index (χ1n) is 4.10. The molecule has 4 heteroatoms. The van der Waals surface area contributed by atoms with Crippen molar-refractivity contribution in [1.82, 2.24) is 0 Å². The van der Waals surface area contributed by atoms with E-state index in [1.165, 1.54) is 14.0 Å². The summed E-state index contributed by atoms with van der Waals surface area (Å²) < 4.78 is 5.44. The number of phenols is 1. The molecule has 0 saturated carbocycles. The Hall–Kier alpha value is -1.03. The second-order valence-electron chi connectivity index (χ2n) is 2.97. The number of rotatable bonds is 3. The van der Waals surface area contributed by atoms with Crippen molar-refractivity contribution in [3.63, 3.8) is 0 Å². The first kappa shape index (κ1) is 11.0. The van der Waals surface area contributed by atoms with Crippen LogP contribution in [-0.2, 0) is 11.2 Å². The summed E-state index contributed by atoms with van der Waals surface area (Å²) in [7, 11) is 1.48. The Bertz CT molecular complexity index is 361. The lowest BCUT2D eigenvalue weighted by Gasteiger charge is -2.08. The lowest BCUT2D eigenvalue weighted by molar-refractivity contribution is -0.116. The van der Waals surface area contributed by atoms with Crippen molar-refractivity contribution >= 4 is 21.7 Å². The fourth-order valence-corrected chi connectivity index (χ4v) is 1.63. The minimum atomic E-state index is 0.0336. The first-order valence-corrected chi connectivity index (χ1v) is 4.89. The molecule has 0 saturated heterocycles. The van der Waals surface area contributed by atoms with Crippen molar-refractivity contribution < 1.29 is 14.6 Å². The zero-order valence-corrected chi connectivity index (χ0v) is 9.59. The van der Waals surface area contributed by atoms with E-state index in [0.29, 0.717) is 16.6 Å². The number of aromatic hydroxyl groups is 1. The Kier molecular flexibility index (Phi) is 3.52. The fourth-order valence-electron chi connectivity index (χ4n) is 1.16. The minimum Gasteiger partial charge on any atom is -0.503 e. The van der Waals surface area contributed by atoms with Crippen LogP contribution in [-0.4, -0.2) is 18.0 Å². The van der Waals surface area contributed by atoms with E-state index in [1.807, 2.05) is 0 Å². The molecule has 0 fully saturated rings. The van der Waals surface area contributed by atoms with E-state index in [-0.39, 0.29) is 11.5 Å². The highest BCUT2D eigenvalue weighted by Gasteiger charge is 2.11. The highest BCUT2D eigenvalue weighted by atomic mass is 79.9. The number of methoxy groups -OCH3 is 1. The smallest absolute Gasteiger partial charge is 0.172 e. The first-order chi connectivity index (χ1) is 6.56. The SMILES string of the molecule is COc1ccc(CC(C)=O)c(Br)c1O. The Labute approximate surface area is 90.8 Å². The maximum Gasteiger partial charge on any atom is 0.172 e. The highest BCUT2D eigenvalue weighted by molar-refractivity contribution is 9.10. The number of ketones is 1. The average Bonchev–Trinajstić information content (AvgIpc) is 2.13. The Morgan fingerprint density at radius 1 is 1.57 bits per heavy atom. The predicted molar refractivity (Wildman–Crippen MR) is 56.7 cm³/mol. The van der Waals surface area contributed by atoms with Gasteiger partial charge in [-0.1, -0.05) is 6.07 Å². The van der Waals surface area contributed by atoms with Crippen LogP contribution >= 0.6 is 15.9 Å². The van der Waals surface area contributed by atoms with Gasteiger partial charge in [0.25, 0.3) is 0 Å². The van der Waals surface area contributed by atoms with Gasteiger partial charge in [0.15, 0.2) is 11.5 Å². The van der Waals surface area contributed by atoms with Gasteiger partial charge in [-0.3, -0.25) is 4.79 Å². The summed E-state index contributed by atoms with van der Waals surface area (Å²) in [6.45, 7) is 1.51. The molecule has 0 aliphatic rings. The van der Waals surface area contributed by atoms with Gasteiger partial charge < -0.3 is 9.84 Å². The van der Waals surface area contributed by atoms with Crippen molar-refractivity contribution in [3.8, 4) is 11.5 Å². The second-order valence-corrected chi connectivity index (χ2v) is 3.76. The van der Waals surface area contributed by atoms with Gasteiger partial charge in [0.05, 0.1) is 11.6 Å². The number of ether oxygens (including phenoxy) is 1. The Balaban J connectivity index is 3.10. The van der Waals surface area contributed by atoms with Crippen molar-refractivity contribution in [1.29, 1.82) is 0 Å². The van der Waals surface area contributed by atoms with E-state index in [0.717, 1.165) is 5.56 Å². The molecule has 0 aliphatic carbocycles. The molecular weight excluding hydrogens is 248 g/mol. The van der Waals surface area contributed by atoms with E-state index < -0.39 is 0 Å². The van der Waals surface area contributed by atoms with Crippen LogP contribution in [0.2, 0.25) is 0 Å². The Morgan fingerprint density at radius 3 is 2.71 bits per heavy atom. The molecule has 76 valence electrons. The normalized spacial score (nSPS) is 9.93. The van der Waals surface area contributed by atoms with Gasteiger partial charge in [-0.15, -0.1) is 0 Å². The van der Waals surface area contributed by atoms with Gasteiger partial charge in [-0.25, -0.2) is 0 Å². The molecule has 0 atom stereocenters. The quantitative estimate of drug-likeness (QED) is 0.905. The molecule has 0 unspecified atom stereocenters. The molecule has 1 aromatic carbocycles. The van der Waals surface area contributed by atoms with Gasteiger partial charge in [-0.2, -0.15) is 0 Å². The third kappa shape index (κ3) is 2.26. The van der Waals surface area contributed by atoms with Crippen LogP contribution in [0.15, 0.2) is 16.6 Å². The topological polar surface area (TPSA) is 46.5 Å². The van der Waals surface area contributed by atoms with Crippen LogP contribution < -0.4 is 4.74 Å². The summed E-state index contributed by atoms with van der Waals surface area (Å²) >= 11 is 3.22. The molecule has 0 radical (unpaired) electrons. The van der Waals surface area contributed by atoms with Gasteiger partial charge in [-0.05, 0) is 34.5 Å². The zero-order chi connectivity index (χ0) is 10.7. The minimum absolute atomic E-state index is 0.0336. The van der Waals surface area contributed by atoms with Crippen LogP contribution in [0.1, 0.15) is 12.5 Å². The van der Waals surface area contributed by atoms with E-state index in [4.69, 9.17) is 4.74 Å². The zero-order valence-electron chi connectivity index (χ0n) is 8.00. The van der Waals surface area contributed by atoms with Crippen LogP contribution in [0.5, 0.6) is 11.5 Å². The summed E-state index contributed by atoms with van der Waals surface area (Å²) in [5.74, 6) is 0.477. The number of carbonyl (C=O) groups excluding carboxylic acids is 1. The number of Topliss-reactive ketones (excluding diaryl/α,β-unsaturated/α-hetero) is 1. The number of carbonyl (C=O) groups is 1. The number of halogens is 1. The molecular formula is C10H11BrO3. The number of benzene rings is 1. The van der Waals surface area contributed by atoms with Gasteiger partial charge in [0, 0.05) is 6.42 Å². The number of phenolic OH excluding ortho intramolecular Hbond substituents is 1. The monoisotopic (exact) mass is 258 g/mol. The highest BCUT2D eigenvalue weighted by Crippen LogP contribution is 2.36. The number of hydrogen-bond donors (Lipinski definition) is 1. The van der Waals surface area contributed by atoms with E-state index in [2.05, 4.69) is 15.9 Å². The molecule has 1 rings (SSSR count). The summed E-state index contributed by atoms with van der Waals surface area (Å²) in [6.07, 6.45) is 0.304. The number of hydrogen-bond acceptors (Lipinski definition) is 3. The van der Waals surface area contributed by atoms with Crippen molar-refractivity contribution in [2.45, 2.75) is 13.3 Å². The van der Waals surface area contributed by atoms with Crippen LogP contribution in [0, 0.1) is 0 Å². The maximum absolute atomic E-state index is 10.9. The predicted octanol–water partition coefficient (Wildman–Crippen LogP) is 2.29. The average molecular weight is 259 g/mol. The molecule has 1 N–H and O–H groups in total. The van der Waals surface area contributed by atoms with Gasteiger partial charge in [0.1, 0.15) is 5.78 Å². The molecule has 0 bridgehead atoms. The summed E-state index contributed by atoms with van der Waals surface area (Å²) in [6, 6.07) is 3.39. The van der Waals surface area contributed by atoms with Gasteiger partial charge >= 0.3 is 0 Å². The Morgan fingerprint density at radius 2 is 2.21 bits per heavy atom. The largest absolute Gasteiger partial charge is 0.503 e. The van der Waals surface area contributed by atoms with Crippen molar-refractivity contribution in [3.05, 3.63) is 22.2 Å².